The van der Waals surface area contributed by atoms with Crippen LogP contribution in [-0.4, -0.2) is 49.4 Å². The summed E-state index contributed by atoms with van der Waals surface area (Å²) in [6, 6.07) is 25.8. The highest BCUT2D eigenvalue weighted by Crippen LogP contribution is 2.28. The van der Waals surface area contributed by atoms with E-state index in [-0.39, 0.29) is 11.9 Å². The molecule has 35 heavy (non-hydrogen) atoms. The number of amides is 1. The van der Waals surface area contributed by atoms with Gasteiger partial charge in [-0.25, -0.2) is 0 Å². The maximum atomic E-state index is 13.1. The van der Waals surface area contributed by atoms with E-state index in [2.05, 4.69) is 37.4 Å². The zero-order valence-corrected chi connectivity index (χ0v) is 20.0. The average molecular weight is 468 g/mol. The summed E-state index contributed by atoms with van der Waals surface area (Å²) in [5.74, 6) is 1.46. The van der Waals surface area contributed by atoms with Crippen LogP contribution >= 0.6 is 0 Å². The molecule has 1 N–H and O–H groups in total. The number of fused-ring (bicyclic) bond motifs is 1. The minimum atomic E-state index is -0.221. The highest BCUT2D eigenvalue weighted by Gasteiger charge is 2.23. The molecule has 1 fully saturated rings. The van der Waals surface area contributed by atoms with Gasteiger partial charge in [0.1, 0.15) is 5.75 Å². The van der Waals surface area contributed by atoms with Crippen molar-refractivity contribution in [1.82, 2.24) is 15.5 Å². The first kappa shape index (κ1) is 22.7. The lowest BCUT2D eigenvalue weighted by Crippen LogP contribution is -2.47. The molecular formula is C28H29N5O2. The number of piperazine rings is 1. The minimum absolute atomic E-state index is 0.130. The summed E-state index contributed by atoms with van der Waals surface area (Å²) in [5, 5.41) is 13.7. The quantitative estimate of drug-likeness (QED) is 0.452. The highest BCUT2D eigenvalue weighted by atomic mass is 16.5. The number of carbonyl (C=O) groups excluding carboxylic acids is 1. The molecule has 1 amide bonds. The molecule has 1 atom stereocenters. The van der Waals surface area contributed by atoms with Crippen molar-refractivity contribution < 1.29 is 9.53 Å². The Kier molecular flexibility index (Phi) is 6.48. The number of ether oxygens (including phenoxy) is 1. The van der Waals surface area contributed by atoms with E-state index in [4.69, 9.17) is 4.74 Å². The van der Waals surface area contributed by atoms with Gasteiger partial charge in [-0.15, -0.1) is 10.2 Å². The number of anilines is 2. The average Bonchev–Trinajstić information content (AvgIpc) is 2.93. The number of aromatic nitrogens is 2. The smallest absolute Gasteiger partial charge is 0.272 e. The Morgan fingerprint density at radius 2 is 1.46 bits per heavy atom. The Hall–Kier alpha value is -4.13. The second kappa shape index (κ2) is 10.0. The van der Waals surface area contributed by atoms with Crippen molar-refractivity contribution in [2.24, 2.45) is 0 Å². The molecule has 0 spiro atoms. The number of nitrogens with zero attached hydrogens (tertiary/aromatic N) is 4. The zero-order chi connectivity index (χ0) is 24.2. The maximum Gasteiger partial charge on any atom is 0.272 e. The molecule has 3 aromatic carbocycles. The fraction of sp³-hybridized carbons (Fsp3) is 0.250. The summed E-state index contributed by atoms with van der Waals surface area (Å²) >= 11 is 0. The third kappa shape index (κ3) is 4.75. The lowest BCUT2D eigenvalue weighted by atomic mass is 10.1. The Balaban J connectivity index is 1.34. The van der Waals surface area contributed by atoms with Gasteiger partial charge in [0.15, 0.2) is 11.5 Å². The predicted molar refractivity (Wildman–Crippen MR) is 139 cm³/mol. The van der Waals surface area contributed by atoms with Gasteiger partial charge in [-0.1, -0.05) is 54.6 Å². The fourth-order valence-electron chi connectivity index (χ4n) is 4.55. The summed E-state index contributed by atoms with van der Waals surface area (Å²) in [6.07, 6.45) is 0. The summed E-state index contributed by atoms with van der Waals surface area (Å²) in [6.45, 7) is 5.36. The van der Waals surface area contributed by atoms with Gasteiger partial charge in [0.05, 0.1) is 13.2 Å². The van der Waals surface area contributed by atoms with Crippen molar-refractivity contribution >= 4 is 28.2 Å². The molecule has 0 bridgehead atoms. The highest BCUT2D eigenvalue weighted by molar-refractivity contribution is 6.07. The Labute approximate surface area is 205 Å². The first-order valence-corrected chi connectivity index (χ1v) is 11.9. The van der Waals surface area contributed by atoms with Crippen molar-refractivity contribution in [3.63, 3.8) is 0 Å². The van der Waals surface area contributed by atoms with Gasteiger partial charge >= 0.3 is 0 Å². The summed E-state index contributed by atoms with van der Waals surface area (Å²) in [7, 11) is 1.68. The topological polar surface area (TPSA) is 70.6 Å². The molecule has 5 rings (SSSR count). The fourth-order valence-corrected chi connectivity index (χ4v) is 4.55. The monoisotopic (exact) mass is 467 g/mol. The number of carbonyl (C=O) groups is 1. The Morgan fingerprint density at radius 3 is 2.14 bits per heavy atom. The molecule has 178 valence electrons. The van der Waals surface area contributed by atoms with Gasteiger partial charge in [0.25, 0.3) is 5.91 Å². The van der Waals surface area contributed by atoms with E-state index in [1.54, 1.807) is 7.11 Å². The zero-order valence-electron chi connectivity index (χ0n) is 20.0. The van der Waals surface area contributed by atoms with Gasteiger partial charge in [-0.2, -0.15) is 0 Å². The summed E-state index contributed by atoms with van der Waals surface area (Å²) in [4.78, 5) is 17.7. The van der Waals surface area contributed by atoms with E-state index in [1.807, 2.05) is 73.7 Å². The van der Waals surface area contributed by atoms with Crippen LogP contribution in [0.4, 0.5) is 11.5 Å². The van der Waals surface area contributed by atoms with Crippen LogP contribution in [0.2, 0.25) is 0 Å². The first-order chi connectivity index (χ1) is 17.1. The lowest BCUT2D eigenvalue weighted by Gasteiger charge is -2.37. The maximum absolute atomic E-state index is 13.1. The number of rotatable bonds is 6. The SMILES string of the molecule is COc1ccc(N2CCN(c3nnc(C(=O)NC(C)c4ccccc4)c4ccccc34)CC2)cc1. The van der Waals surface area contributed by atoms with Crippen molar-refractivity contribution in [3.8, 4) is 5.75 Å². The molecular weight excluding hydrogens is 438 g/mol. The first-order valence-electron chi connectivity index (χ1n) is 11.9. The molecule has 1 unspecified atom stereocenters. The molecule has 1 saturated heterocycles. The molecule has 0 aliphatic carbocycles. The molecule has 1 aromatic heterocycles. The van der Waals surface area contributed by atoms with Gasteiger partial charge in [-0.05, 0) is 36.8 Å². The number of benzene rings is 3. The number of hydrogen-bond donors (Lipinski definition) is 1. The van der Waals surface area contributed by atoms with E-state index in [1.165, 1.54) is 5.69 Å². The van der Waals surface area contributed by atoms with E-state index in [0.29, 0.717) is 5.69 Å². The number of nitrogens with one attached hydrogen (secondary N) is 1. The van der Waals surface area contributed by atoms with Crippen LogP contribution < -0.4 is 19.9 Å². The molecule has 1 aliphatic heterocycles. The second-order valence-corrected chi connectivity index (χ2v) is 8.70. The van der Waals surface area contributed by atoms with E-state index in [9.17, 15) is 4.79 Å². The van der Waals surface area contributed by atoms with Crippen LogP contribution in [-0.2, 0) is 0 Å². The van der Waals surface area contributed by atoms with Crippen molar-refractivity contribution in [1.29, 1.82) is 0 Å². The van der Waals surface area contributed by atoms with Crippen molar-refractivity contribution in [2.75, 3.05) is 43.1 Å². The molecule has 0 radical (unpaired) electrons. The molecule has 4 aromatic rings. The lowest BCUT2D eigenvalue weighted by molar-refractivity contribution is 0.0935. The van der Waals surface area contributed by atoms with Gasteiger partial charge in [0.2, 0.25) is 0 Å². The van der Waals surface area contributed by atoms with Crippen LogP contribution in [0.3, 0.4) is 0 Å². The van der Waals surface area contributed by atoms with Gasteiger partial charge in [-0.3, -0.25) is 4.79 Å². The van der Waals surface area contributed by atoms with E-state index in [0.717, 1.165) is 54.1 Å². The molecule has 0 saturated carbocycles. The molecule has 1 aliphatic rings. The standard InChI is InChI=1S/C28H29N5O2/c1-20(21-8-4-3-5-9-21)29-28(34)26-24-10-6-7-11-25(24)27(31-30-26)33-18-16-32(17-19-33)22-12-14-23(35-2)15-13-22/h3-15,20H,16-19H2,1-2H3,(H,29,34). The Bertz CT molecular complexity index is 1300. The Morgan fingerprint density at radius 1 is 0.829 bits per heavy atom. The third-order valence-corrected chi connectivity index (χ3v) is 6.55. The van der Waals surface area contributed by atoms with E-state index >= 15 is 0 Å². The normalized spacial score (nSPS) is 14.6. The van der Waals surface area contributed by atoms with Crippen molar-refractivity contribution in [2.45, 2.75) is 13.0 Å². The molecule has 2 heterocycles. The van der Waals surface area contributed by atoms with Crippen LogP contribution in [0.1, 0.15) is 29.0 Å². The molecule has 7 nitrogen and oxygen atoms in total. The van der Waals surface area contributed by atoms with Gasteiger partial charge in [0, 0.05) is 42.6 Å². The van der Waals surface area contributed by atoms with Crippen LogP contribution in [0.5, 0.6) is 5.75 Å². The van der Waals surface area contributed by atoms with Crippen LogP contribution in [0.25, 0.3) is 10.8 Å². The van der Waals surface area contributed by atoms with E-state index < -0.39 is 0 Å². The van der Waals surface area contributed by atoms with Crippen molar-refractivity contribution in [3.05, 3.63) is 90.1 Å². The third-order valence-electron chi connectivity index (χ3n) is 6.55. The second-order valence-electron chi connectivity index (χ2n) is 8.70. The minimum Gasteiger partial charge on any atom is -0.497 e. The van der Waals surface area contributed by atoms with Gasteiger partial charge < -0.3 is 19.9 Å². The largest absolute Gasteiger partial charge is 0.497 e. The van der Waals surface area contributed by atoms with Crippen LogP contribution in [0.15, 0.2) is 78.9 Å². The number of hydrogen-bond acceptors (Lipinski definition) is 6. The number of methoxy groups -OCH3 is 1. The predicted octanol–water partition coefficient (Wildman–Crippen LogP) is 4.46. The summed E-state index contributed by atoms with van der Waals surface area (Å²) in [5.41, 5.74) is 2.58. The summed E-state index contributed by atoms with van der Waals surface area (Å²) < 4.78 is 5.27. The molecule has 7 heteroatoms. The van der Waals surface area contributed by atoms with Crippen LogP contribution in [0, 0.1) is 0 Å².